The standard InChI is InChI=1S/C16H17N/c1-12-7-9-15(10-8-12)13(2)11-16-6-4-5-14(3)17-16/h4-11H,1-3H3/b13-11+. The molecule has 2 aromatic rings. The average Bonchev–Trinajstić information content (AvgIpc) is 2.29. The highest BCUT2D eigenvalue weighted by atomic mass is 14.7. The maximum absolute atomic E-state index is 4.48. The van der Waals surface area contributed by atoms with Gasteiger partial charge in [0.2, 0.25) is 0 Å². The van der Waals surface area contributed by atoms with E-state index in [1.165, 1.54) is 16.7 Å². The highest BCUT2D eigenvalue weighted by Crippen LogP contribution is 2.17. The maximum atomic E-state index is 4.48. The summed E-state index contributed by atoms with van der Waals surface area (Å²) in [6.45, 7) is 6.23. The smallest absolute Gasteiger partial charge is 0.0635 e. The fraction of sp³-hybridized carbons (Fsp3) is 0.188. The van der Waals surface area contributed by atoms with Crippen LogP contribution >= 0.6 is 0 Å². The van der Waals surface area contributed by atoms with E-state index in [1.807, 2.05) is 25.1 Å². The van der Waals surface area contributed by atoms with Crippen LogP contribution < -0.4 is 0 Å². The fourth-order valence-corrected chi connectivity index (χ4v) is 1.77. The van der Waals surface area contributed by atoms with Crippen molar-refractivity contribution in [2.45, 2.75) is 20.8 Å². The van der Waals surface area contributed by atoms with Crippen LogP contribution in [0.2, 0.25) is 0 Å². The van der Waals surface area contributed by atoms with Crippen LogP contribution in [0.5, 0.6) is 0 Å². The molecule has 0 aliphatic rings. The third-order valence-electron chi connectivity index (χ3n) is 2.78. The van der Waals surface area contributed by atoms with Crippen LogP contribution in [0.1, 0.15) is 29.4 Å². The minimum Gasteiger partial charge on any atom is -0.254 e. The number of hydrogen-bond acceptors (Lipinski definition) is 1. The topological polar surface area (TPSA) is 12.9 Å². The van der Waals surface area contributed by atoms with Gasteiger partial charge in [0.1, 0.15) is 0 Å². The summed E-state index contributed by atoms with van der Waals surface area (Å²) in [5, 5.41) is 0. The van der Waals surface area contributed by atoms with Gasteiger partial charge in [-0.3, -0.25) is 4.98 Å². The molecule has 2 rings (SSSR count). The number of allylic oxidation sites excluding steroid dienone is 1. The van der Waals surface area contributed by atoms with E-state index in [4.69, 9.17) is 0 Å². The second-order valence-electron chi connectivity index (χ2n) is 4.40. The van der Waals surface area contributed by atoms with Gasteiger partial charge in [0.25, 0.3) is 0 Å². The van der Waals surface area contributed by atoms with Crippen LogP contribution in [-0.2, 0) is 0 Å². The predicted molar refractivity (Wildman–Crippen MR) is 73.7 cm³/mol. The Morgan fingerprint density at radius 2 is 1.71 bits per heavy atom. The van der Waals surface area contributed by atoms with Gasteiger partial charge in [0, 0.05) is 5.69 Å². The lowest BCUT2D eigenvalue weighted by Gasteiger charge is -2.03. The zero-order valence-corrected chi connectivity index (χ0v) is 10.6. The molecule has 86 valence electrons. The van der Waals surface area contributed by atoms with Crippen molar-refractivity contribution in [3.63, 3.8) is 0 Å². The molecule has 0 radical (unpaired) electrons. The number of rotatable bonds is 2. The summed E-state index contributed by atoms with van der Waals surface area (Å²) < 4.78 is 0. The molecule has 0 spiro atoms. The van der Waals surface area contributed by atoms with Gasteiger partial charge in [-0.1, -0.05) is 35.9 Å². The lowest BCUT2D eigenvalue weighted by molar-refractivity contribution is 1.18. The van der Waals surface area contributed by atoms with Gasteiger partial charge in [0.05, 0.1) is 5.69 Å². The SMILES string of the molecule is C/C(=C\c1cccc(C)n1)c1ccc(C)cc1. The van der Waals surface area contributed by atoms with Crippen molar-refractivity contribution in [2.24, 2.45) is 0 Å². The molecule has 0 saturated carbocycles. The Morgan fingerprint density at radius 1 is 1.00 bits per heavy atom. The van der Waals surface area contributed by atoms with E-state index in [2.05, 4.69) is 49.2 Å². The Balaban J connectivity index is 2.30. The van der Waals surface area contributed by atoms with Crippen molar-refractivity contribution in [1.29, 1.82) is 0 Å². The van der Waals surface area contributed by atoms with E-state index in [0.29, 0.717) is 0 Å². The molecule has 17 heavy (non-hydrogen) atoms. The number of benzene rings is 1. The van der Waals surface area contributed by atoms with Crippen LogP contribution in [0.25, 0.3) is 11.6 Å². The molecule has 1 heteroatoms. The number of aromatic nitrogens is 1. The molecule has 1 nitrogen and oxygen atoms in total. The Morgan fingerprint density at radius 3 is 2.35 bits per heavy atom. The van der Waals surface area contributed by atoms with Gasteiger partial charge >= 0.3 is 0 Å². The Hall–Kier alpha value is -1.89. The maximum Gasteiger partial charge on any atom is 0.0635 e. The van der Waals surface area contributed by atoms with Gasteiger partial charge < -0.3 is 0 Å². The van der Waals surface area contributed by atoms with Crippen molar-refractivity contribution in [1.82, 2.24) is 4.98 Å². The molecular weight excluding hydrogens is 206 g/mol. The van der Waals surface area contributed by atoms with E-state index >= 15 is 0 Å². The normalized spacial score (nSPS) is 11.6. The summed E-state index contributed by atoms with van der Waals surface area (Å²) in [5.74, 6) is 0. The highest BCUT2D eigenvalue weighted by molar-refractivity contribution is 5.79. The first kappa shape index (κ1) is 11.6. The lowest BCUT2D eigenvalue weighted by Crippen LogP contribution is -1.86. The summed E-state index contributed by atoms with van der Waals surface area (Å²) in [7, 11) is 0. The largest absolute Gasteiger partial charge is 0.254 e. The molecule has 1 aromatic carbocycles. The molecule has 0 unspecified atom stereocenters. The minimum absolute atomic E-state index is 1.02. The van der Waals surface area contributed by atoms with Crippen molar-refractivity contribution in [3.05, 3.63) is 65.0 Å². The molecule has 0 fully saturated rings. The van der Waals surface area contributed by atoms with Gasteiger partial charge in [0.15, 0.2) is 0 Å². The van der Waals surface area contributed by atoms with Crippen LogP contribution in [0.15, 0.2) is 42.5 Å². The van der Waals surface area contributed by atoms with E-state index in [1.54, 1.807) is 0 Å². The molecular formula is C16H17N. The van der Waals surface area contributed by atoms with Gasteiger partial charge in [-0.2, -0.15) is 0 Å². The van der Waals surface area contributed by atoms with Crippen LogP contribution in [-0.4, -0.2) is 4.98 Å². The molecule has 0 saturated heterocycles. The Bertz CT molecular complexity index is 536. The van der Waals surface area contributed by atoms with Crippen LogP contribution in [0, 0.1) is 13.8 Å². The van der Waals surface area contributed by atoms with Crippen molar-refractivity contribution in [2.75, 3.05) is 0 Å². The van der Waals surface area contributed by atoms with Crippen molar-refractivity contribution < 1.29 is 0 Å². The molecule has 1 aromatic heterocycles. The number of nitrogens with zero attached hydrogens (tertiary/aromatic N) is 1. The molecule has 0 atom stereocenters. The fourth-order valence-electron chi connectivity index (χ4n) is 1.77. The molecule has 0 amide bonds. The van der Waals surface area contributed by atoms with E-state index in [-0.39, 0.29) is 0 Å². The van der Waals surface area contributed by atoms with Crippen LogP contribution in [0.4, 0.5) is 0 Å². The summed E-state index contributed by atoms with van der Waals surface area (Å²) in [4.78, 5) is 4.48. The van der Waals surface area contributed by atoms with E-state index in [9.17, 15) is 0 Å². The first-order valence-corrected chi connectivity index (χ1v) is 5.84. The Labute approximate surface area is 103 Å². The number of pyridine rings is 1. The first-order valence-electron chi connectivity index (χ1n) is 5.84. The highest BCUT2D eigenvalue weighted by Gasteiger charge is 1.97. The lowest BCUT2D eigenvalue weighted by atomic mass is 10.0. The van der Waals surface area contributed by atoms with Gasteiger partial charge in [-0.05, 0) is 50.1 Å². The van der Waals surface area contributed by atoms with E-state index < -0.39 is 0 Å². The zero-order chi connectivity index (χ0) is 12.3. The third kappa shape index (κ3) is 3.04. The van der Waals surface area contributed by atoms with Gasteiger partial charge in [-0.15, -0.1) is 0 Å². The molecule has 0 N–H and O–H groups in total. The monoisotopic (exact) mass is 223 g/mol. The zero-order valence-electron chi connectivity index (χ0n) is 10.6. The quantitative estimate of drug-likeness (QED) is 0.741. The van der Waals surface area contributed by atoms with E-state index in [0.717, 1.165) is 11.4 Å². The number of hydrogen-bond donors (Lipinski definition) is 0. The van der Waals surface area contributed by atoms with Gasteiger partial charge in [-0.25, -0.2) is 0 Å². The predicted octanol–water partition coefficient (Wildman–Crippen LogP) is 4.26. The second-order valence-corrected chi connectivity index (χ2v) is 4.40. The molecule has 1 heterocycles. The Kier molecular flexibility index (Phi) is 3.38. The minimum atomic E-state index is 1.02. The van der Waals surface area contributed by atoms with Crippen molar-refractivity contribution in [3.8, 4) is 0 Å². The first-order chi connectivity index (χ1) is 8.15. The molecule has 0 aliphatic heterocycles. The van der Waals surface area contributed by atoms with Crippen molar-refractivity contribution >= 4 is 11.6 Å². The van der Waals surface area contributed by atoms with Crippen LogP contribution in [0.3, 0.4) is 0 Å². The molecule has 0 bridgehead atoms. The summed E-state index contributed by atoms with van der Waals surface area (Å²) in [6, 6.07) is 14.7. The average molecular weight is 223 g/mol. The summed E-state index contributed by atoms with van der Waals surface area (Å²) in [5.41, 5.74) is 5.84. The summed E-state index contributed by atoms with van der Waals surface area (Å²) >= 11 is 0. The molecule has 0 aliphatic carbocycles. The second kappa shape index (κ2) is 4.96. The summed E-state index contributed by atoms with van der Waals surface area (Å²) in [6.07, 6.45) is 2.12. The third-order valence-corrected chi connectivity index (χ3v) is 2.78. The number of aryl methyl sites for hydroxylation is 2.